The van der Waals surface area contributed by atoms with Gasteiger partial charge in [0.15, 0.2) is 0 Å². The molecule has 0 radical (unpaired) electrons. The van der Waals surface area contributed by atoms with Gasteiger partial charge in [-0.1, -0.05) is 0 Å². The molecule has 6 heteroatoms. The van der Waals surface area contributed by atoms with Gasteiger partial charge in [0.1, 0.15) is 0 Å². The first-order chi connectivity index (χ1) is 7.65. The zero-order valence-corrected chi connectivity index (χ0v) is 9.83. The Bertz CT molecular complexity index is 371. The Hall–Kier alpha value is -1.27. The molecule has 0 saturated heterocycles. The van der Waals surface area contributed by atoms with Crippen LogP contribution in [0.15, 0.2) is 18.2 Å². The molecular formula is C10H14N2O3S. The van der Waals surface area contributed by atoms with Crippen LogP contribution in [0.25, 0.3) is 0 Å². The second-order valence-electron chi connectivity index (χ2n) is 3.19. The lowest BCUT2D eigenvalue weighted by molar-refractivity contribution is -0.384. The molecule has 0 aliphatic rings. The van der Waals surface area contributed by atoms with Crippen LogP contribution in [0.5, 0.6) is 0 Å². The highest BCUT2D eigenvalue weighted by Gasteiger charge is 2.08. The Labute approximate surface area is 98.1 Å². The second-order valence-corrected chi connectivity index (χ2v) is 4.29. The number of methoxy groups -OCH3 is 1. The van der Waals surface area contributed by atoms with Crippen LogP contribution >= 0.6 is 11.8 Å². The summed E-state index contributed by atoms with van der Waals surface area (Å²) in [6.45, 7) is 0.666. The van der Waals surface area contributed by atoms with Crippen LogP contribution in [-0.2, 0) is 10.5 Å². The van der Waals surface area contributed by atoms with E-state index in [1.54, 1.807) is 24.9 Å². The Kier molecular flexibility index (Phi) is 5.07. The van der Waals surface area contributed by atoms with Crippen molar-refractivity contribution in [1.82, 2.24) is 0 Å². The molecule has 5 nitrogen and oxygen atoms in total. The number of nitrogen functional groups attached to an aromatic ring is 1. The fraction of sp³-hybridized carbons (Fsp3) is 0.400. The van der Waals surface area contributed by atoms with Gasteiger partial charge >= 0.3 is 0 Å². The number of anilines is 1. The van der Waals surface area contributed by atoms with Gasteiger partial charge in [-0.25, -0.2) is 0 Å². The number of nitro benzene ring substituents is 1. The molecular weight excluding hydrogens is 228 g/mol. The molecule has 16 heavy (non-hydrogen) atoms. The summed E-state index contributed by atoms with van der Waals surface area (Å²) in [5.74, 6) is 1.51. The highest BCUT2D eigenvalue weighted by atomic mass is 32.2. The third-order valence-corrected chi connectivity index (χ3v) is 3.00. The van der Waals surface area contributed by atoms with Gasteiger partial charge in [0.2, 0.25) is 0 Å². The molecule has 0 unspecified atom stereocenters. The number of nitrogens with zero attached hydrogens (tertiary/aromatic N) is 1. The molecule has 0 aliphatic heterocycles. The third kappa shape index (κ3) is 3.71. The highest BCUT2D eigenvalue weighted by Crippen LogP contribution is 2.23. The van der Waals surface area contributed by atoms with E-state index in [1.807, 2.05) is 0 Å². The largest absolute Gasteiger partial charge is 0.398 e. The van der Waals surface area contributed by atoms with Crippen molar-refractivity contribution < 1.29 is 9.66 Å². The Morgan fingerprint density at radius 1 is 1.56 bits per heavy atom. The van der Waals surface area contributed by atoms with Crippen molar-refractivity contribution >= 4 is 23.1 Å². The van der Waals surface area contributed by atoms with Crippen molar-refractivity contribution in [1.29, 1.82) is 0 Å². The first kappa shape index (κ1) is 12.8. The average molecular weight is 242 g/mol. The standard InChI is InChI=1S/C10H14N2O3S/c1-15-4-5-16-7-8-6-9(12(13)14)2-3-10(8)11/h2-3,6H,4-5,7,11H2,1H3. The van der Waals surface area contributed by atoms with Crippen LogP contribution in [0.1, 0.15) is 5.56 Å². The molecule has 1 aromatic rings. The Morgan fingerprint density at radius 2 is 2.31 bits per heavy atom. The Balaban J connectivity index is 2.63. The van der Waals surface area contributed by atoms with Gasteiger partial charge in [-0.15, -0.1) is 0 Å². The van der Waals surface area contributed by atoms with Crippen LogP contribution in [0, 0.1) is 10.1 Å². The van der Waals surface area contributed by atoms with Crippen LogP contribution in [0.3, 0.4) is 0 Å². The van der Waals surface area contributed by atoms with E-state index in [9.17, 15) is 10.1 Å². The number of ether oxygens (including phenoxy) is 1. The summed E-state index contributed by atoms with van der Waals surface area (Å²) in [5.41, 5.74) is 7.21. The van der Waals surface area contributed by atoms with E-state index in [0.717, 1.165) is 11.3 Å². The van der Waals surface area contributed by atoms with Gasteiger partial charge in [0.05, 0.1) is 11.5 Å². The molecule has 0 aromatic heterocycles. The van der Waals surface area contributed by atoms with Crippen LogP contribution < -0.4 is 5.73 Å². The number of benzene rings is 1. The maximum Gasteiger partial charge on any atom is 0.269 e. The lowest BCUT2D eigenvalue weighted by Gasteiger charge is -2.05. The molecule has 0 amide bonds. The van der Waals surface area contributed by atoms with Crippen LogP contribution in [0.4, 0.5) is 11.4 Å². The van der Waals surface area contributed by atoms with Crippen molar-refractivity contribution in [2.24, 2.45) is 0 Å². The molecule has 0 aliphatic carbocycles. The maximum absolute atomic E-state index is 10.6. The van der Waals surface area contributed by atoms with E-state index in [1.165, 1.54) is 12.1 Å². The fourth-order valence-electron chi connectivity index (χ4n) is 1.16. The summed E-state index contributed by atoms with van der Waals surface area (Å²) in [6.07, 6.45) is 0. The molecule has 0 spiro atoms. The normalized spacial score (nSPS) is 10.3. The molecule has 0 atom stereocenters. The van der Waals surface area contributed by atoms with Gasteiger partial charge in [-0.05, 0) is 11.6 Å². The number of rotatable bonds is 6. The lowest BCUT2D eigenvalue weighted by Crippen LogP contribution is -1.97. The molecule has 0 bridgehead atoms. The van der Waals surface area contributed by atoms with Crippen LogP contribution in [0.2, 0.25) is 0 Å². The minimum Gasteiger partial charge on any atom is -0.398 e. The molecule has 1 rings (SSSR count). The average Bonchev–Trinajstić information content (AvgIpc) is 2.26. The number of thioether (sulfide) groups is 1. The zero-order chi connectivity index (χ0) is 12.0. The zero-order valence-electron chi connectivity index (χ0n) is 9.01. The lowest BCUT2D eigenvalue weighted by atomic mass is 10.2. The van der Waals surface area contributed by atoms with Gasteiger partial charge in [-0.2, -0.15) is 11.8 Å². The monoisotopic (exact) mass is 242 g/mol. The first-order valence-corrected chi connectivity index (χ1v) is 5.90. The third-order valence-electron chi connectivity index (χ3n) is 2.03. The van der Waals surface area contributed by atoms with Crippen molar-refractivity contribution in [3.05, 3.63) is 33.9 Å². The summed E-state index contributed by atoms with van der Waals surface area (Å²) in [7, 11) is 1.64. The van der Waals surface area contributed by atoms with Crippen LogP contribution in [-0.4, -0.2) is 24.4 Å². The summed E-state index contributed by atoms with van der Waals surface area (Å²) < 4.78 is 4.91. The SMILES string of the molecule is COCCSCc1cc([N+](=O)[O-])ccc1N. The number of hydrogen-bond donors (Lipinski definition) is 1. The number of hydrogen-bond acceptors (Lipinski definition) is 5. The molecule has 2 N–H and O–H groups in total. The summed E-state index contributed by atoms with van der Waals surface area (Å²) in [4.78, 5) is 10.2. The number of nitrogens with two attached hydrogens (primary N) is 1. The second kappa shape index (κ2) is 6.34. The predicted octanol–water partition coefficient (Wildman–Crippen LogP) is 2.06. The quantitative estimate of drug-likeness (QED) is 0.357. The van der Waals surface area contributed by atoms with E-state index in [0.29, 0.717) is 18.0 Å². The molecule has 0 heterocycles. The maximum atomic E-state index is 10.6. The van der Waals surface area contributed by atoms with E-state index >= 15 is 0 Å². The van der Waals surface area contributed by atoms with Crippen molar-refractivity contribution in [2.45, 2.75) is 5.75 Å². The molecule has 88 valence electrons. The molecule has 0 saturated carbocycles. The van der Waals surface area contributed by atoms with Crippen molar-refractivity contribution in [3.8, 4) is 0 Å². The smallest absolute Gasteiger partial charge is 0.269 e. The van der Waals surface area contributed by atoms with Crippen molar-refractivity contribution in [3.63, 3.8) is 0 Å². The number of non-ortho nitro benzene ring substituents is 1. The summed E-state index contributed by atoms with van der Waals surface area (Å²) >= 11 is 1.64. The summed E-state index contributed by atoms with van der Waals surface area (Å²) in [6, 6.07) is 4.51. The Morgan fingerprint density at radius 3 is 2.94 bits per heavy atom. The topological polar surface area (TPSA) is 78.4 Å². The van der Waals surface area contributed by atoms with Gasteiger partial charge in [0, 0.05) is 36.4 Å². The van der Waals surface area contributed by atoms with Gasteiger partial charge in [-0.3, -0.25) is 10.1 Å². The van der Waals surface area contributed by atoms with Crippen molar-refractivity contribution in [2.75, 3.05) is 25.2 Å². The van der Waals surface area contributed by atoms with E-state index in [2.05, 4.69) is 0 Å². The predicted molar refractivity (Wildman–Crippen MR) is 65.5 cm³/mol. The van der Waals surface area contributed by atoms with Gasteiger partial charge in [0.25, 0.3) is 5.69 Å². The van der Waals surface area contributed by atoms with E-state index < -0.39 is 4.92 Å². The molecule has 0 fully saturated rings. The van der Waals surface area contributed by atoms with E-state index in [4.69, 9.17) is 10.5 Å². The first-order valence-electron chi connectivity index (χ1n) is 4.74. The highest BCUT2D eigenvalue weighted by molar-refractivity contribution is 7.98. The van der Waals surface area contributed by atoms with E-state index in [-0.39, 0.29) is 5.69 Å². The fourth-order valence-corrected chi connectivity index (χ4v) is 2.05. The number of nitro groups is 1. The molecule has 1 aromatic carbocycles. The summed E-state index contributed by atoms with van der Waals surface area (Å²) in [5, 5.41) is 10.6. The van der Waals surface area contributed by atoms with Gasteiger partial charge < -0.3 is 10.5 Å². The minimum absolute atomic E-state index is 0.0801. The minimum atomic E-state index is -0.414.